The van der Waals surface area contributed by atoms with Crippen LogP contribution in [-0.4, -0.2) is 22.2 Å². The van der Waals surface area contributed by atoms with E-state index in [1.165, 1.54) is 0 Å². The van der Waals surface area contributed by atoms with Crippen LogP contribution < -0.4 is 9.47 Å². The molecule has 0 saturated heterocycles. The number of hydrogen-bond donors (Lipinski definition) is 0. The van der Waals surface area contributed by atoms with Gasteiger partial charge in [0, 0.05) is 13.1 Å². The summed E-state index contributed by atoms with van der Waals surface area (Å²) in [4.78, 5) is 11.4. The Morgan fingerprint density at radius 2 is 2.26 bits per heavy atom. The van der Waals surface area contributed by atoms with Crippen LogP contribution >= 0.6 is 0 Å². The van der Waals surface area contributed by atoms with E-state index in [0.717, 1.165) is 11.4 Å². The summed E-state index contributed by atoms with van der Waals surface area (Å²) in [5.74, 6) is 1.31. The predicted octanol–water partition coefficient (Wildman–Crippen LogP) is 1.88. The average molecular weight is 258 g/mol. The molecule has 1 aliphatic rings. The van der Waals surface area contributed by atoms with Gasteiger partial charge in [-0.1, -0.05) is 0 Å². The molecule has 1 aromatic carbocycles. The third-order valence-corrected chi connectivity index (χ3v) is 3.10. The topological polar surface area (TPSA) is 53.4 Å². The molecule has 1 aliphatic heterocycles. The van der Waals surface area contributed by atoms with Gasteiger partial charge in [0.1, 0.15) is 18.1 Å². The second kappa shape index (κ2) is 4.42. The van der Waals surface area contributed by atoms with Gasteiger partial charge in [0.25, 0.3) is 0 Å². The zero-order chi connectivity index (χ0) is 13.4. The second-order valence-corrected chi connectivity index (χ2v) is 4.56. The molecule has 98 valence electrons. The third kappa shape index (κ3) is 2.19. The standard InChI is InChI=1S/C14H14N2O3/c1-9-5-10(16(2)15-9)7-18-11-3-4-12-13(17)8-19-14(12)6-11/h3-6H,7-8H2,1-2H3. The number of fused-ring (bicyclic) bond motifs is 1. The summed E-state index contributed by atoms with van der Waals surface area (Å²) in [7, 11) is 1.89. The summed E-state index contributed by atoms with van der Waals surface area (Å²) in [6, 6.07) is 7.26. The zero-order valence-electron chi connectivity index (χ0n) is 10.8. The number of Topliss-reactive ketones (excluding diaryl/α,β-unsaturated/α-hetero) is 1. The van der Waals surface area contributed by atoms with Crippen LogP contribution in [-0.2, 0) is 13.7 Å². The molecule has 5 heteroatoms. The average Bonchev–Trinajstić information content (AvgIpc) is 2.90. The number of benzene rings is 1. The van der Waals surface area contributed by atoms with Crippen LogP contribution in [0.15, 0.2) is 24.3 Å². The Balaban J connectivity index is 1.74. The van der Waals surface area contributed by atoms with Crippen molar-refractivity contribution in [1.82, 2.24) is 9.78 Å². The van der Waals surface area contributed by atoms with E-state index in [1.54, 1.807) is 22.9 Å². The first-order valence-corrected chi connectivity index (χ1v) is 6.06. The fraction of sp³-hybridized carbons (Fsp3) is 0.286. The van der Waals surface area contributed by atoms with Gasteiger partial charge in [0.2, 0.25) is 5.78 Å². The highest BCUT2D eigenvalue weighted by Crippen LogP contribution is 2.29. The van der Waals surface area contributed by atoms with E-state index >= 15 is 0 Å². The number of nitrogens with zero attached hydrogens (tertiary/aromatic N) is 2. The summed E-state index contributed by atoms with van der Waals surface area (Å²) in [6.45, 7) is 2.50. The molecule has 3 rings (SSSR count). The van der Waals surface area contributed by atoms with Crippen LogP contribution in [0.2, 0.25) is 0 Å². The number of carbonyl (C=O) groups is 1. The van der Waals surface area contributed by atoms with Crippen molar-refractivity contribution < 1.29 is 14.3 Å². The van der Waals surface area contributed by atoms with Crippen LogP contribution in [0.4, 0.5) is 0 Å². The monoisotopic (exact) mass is 258 g/mol. The number of aromatic nitrogens is 2. The van der Waals surface area contributed by atoms with E-state index in [1.807, 2.05) is 20.0 Å². The molecular formula is C14H14N2O3. The van der Waals surface area contributed by atoms with Crippen LogP contribution in [0, 0.1) is 6.92 Å². The van der Waals surface area contributed by atoms with Crippen LogP contribution in [0.3, 0.4) is 0 Å². The van der Waals surface area contributed by atoms with Gasteiger partial charge in [-0.15, -0.1) is 0 Å². The summed E-state index contributed by atoms with van der Waals surface area (Å²) in [6.07, 6.45) is 0. The van der Waals surface area contributed by atoms with Gasteiger partial charge in [-0.05, 0) is 25.1 Å². The summed E-state index contributed by atoms with van der Waals surface area (Å²) in [5, 5.41) is 4.26. The predicted molar refractivity (Wildman–Crippen MR) is 68.5 cm³/mol. The van der Waals surface area contributed by atoms with Gasteiger partial charge in [0.05, 0.1) is 17.0 Å². The minimum atomic E-state index is 0.0174. The molecule has 0 aliphatic carbocycles. The fourth-order valence-electron chi connectivity index (χ4n) is 2.12. The summed E-state index contributed by atoms with van der Waals surface area (Å²) in [5.41, 5.74) is 2.59. The molecule has 0 radical (unpaired) electrons. The Morgan fingerprint density at radius 3 is 3.00 bits per heavy atom. The maximum absolute atomic E-state index is 11.4. The highest BCUT2D eigenvalue weighted by molar-refractivity contribution is 6.02. The third-order valence-electron chi connectivity index (χ3n) is 3.10. The lowest BCUT2D eigenvalue weighted by Gasteiger charge is -2.07. The Bertz CT molecular complexity index is 646. The Labute approximate surface area is 110 Å². The second-order valence-electron chi connectivity index (χ2n) is 4.56. The van der Waals surface area contributed by atoms with E-state index in [0.29, 0.717) is 23.7 Å². The number of rotatable bonds is 3. The molecule has 19 heavy (non-hydrogen) atoms. The number of ether oxygens (including phenoxy) is 2. The van der Waals surface area contributed by atoms with Crippen molar-refractivity contribution in [2.75, 3.05) is 6.61 Å². The number of carbonyl (C=O) groups excluding carboxylic acids is 1. The molecule has 2 aromatic rings. The lowest BCUT2D eigenvalue weighted by atomic mass is 10.1. The van der Waals surface area contributed by atoms with Crippen molar-refractivity contribution in [2.24, 2.45) is 7.05 Å². The maximum atomic E-state index is 11.4. The SMILES string of the molecule is Cc1cc(COc2ccc3c(c2)OCC3=O)n(C)n1. The zero-order valence-corrected chi connectivity index (χ0v) is 10.8. The minimum absolute atomic E-state index is 0.0174. The summed E-state index contributed by atoms with van der Waals surface area (Å²) >= 11 is 0. The normalized spacial score (nSPS) is 13.3. The minimum Gasteiger partial charge on any atom is -0.487 e. The van der Waals surface area contributed by atoms with Crippen LogP contribution in [0.5, 0.6) is 11.5 Å². The highest BCUT2D eigenvalue weighted by Gasteiger charge is 2.21. The van der Waals surface area contributed by atoms with E-state index < -0.39 is 0 Å². The Hall–Kier alpha value is -2.30. The van der Waals surface area contributed by atoms with Crippen LogP contribution in [0.25, 0.3) is 0 Å². The lowest BCUT2D eigenvalue weighted by Crippen LogP contribution is -2.03. The molecule has 0 fully saturated rings. The molecule has 0 N–H and O–H groups in total. The van der Waals surface area contributed by atoms with E-state index in [2.05, 4.69) is 5.10 Å². The van der Waals surface area contributed by atoms with E-state index in [4.69, 9.17) is 9.47 Å². The highest BCUT2D eigenvalue weighted by atomic mass is 16.5. The largest absolute Gasteiger partial charge is 0.487 e. The first kappa shape index (κ1) is 11.8. The van der Waals surface area contributed by atoms with Gasteiger partial charge in [-0.2, -0.15) is 5.10 Å². The van der Waals surface area contributed by atoms with Crippen LogP contribution in [0.1, 0.15) is 21.7 Å². The van der Waals surface area contributed by atoms with Gasteiger partial charge < -0.3 is 9.47 Å². The lowest BCUT2D eigenvalue weighted by molar-refractivity contribution is 0.0961. The smallest absolute Gasteiger partial charge is 0.203 e. The fourth-order valence-corrected chi connectivity index (χ4v) is 2.12. The van der Waals surface area contributed by atoms with Crippen molar-refractivity contribution in [3.05, 3.63) is 41.2 Å². The Morgan fingerprint density at radius 1 is 1.42 bits per heavy atom. The van der Waals surface area contributed by atoms with Crippen molar-refractivity contribution in [3.63, 3.8) is 0 Å². The van der Waals surface area contributed by atoms with Gasteiger partial charge >= 0.3 is 0 Å². The molecule has 0 amide bonds. The maximum Gasteiger partial charge on any atom is 0.203 e. The molecule has 5 nitrogen and oxygen atoms in total. The van der Waals surface area contributed by atoms with Crippen molar-refractivity contribution in [2.45, 2.75) is 13.5 Å². The molecule has 0 spiro atoms. The Kier molecular flexibility index (Phi) is 2.74. The molecule has 0 saturated carbocycles. The molecule has 0 atom stereocenters. The molecule has 0 unspecified atom stereocenters. The van der Waals surface area contributed by atoms with Gasteiger partial charge in [-0.3, -0.25) is 9.48 Å². The number of aryl methyl sites for hydroxylation is 2. The number of hydrogen-bond acceptors (Lipinski definition) is 4. The van der Waals surface area contributed by atoms with E-state index in [9.17, 15) is 4.79 Å². The molecule has 1 aromatic heterocycles. The molecule has 0 bridgehead atoms. The quantitative estimate of drug-likeness (QED) is 0.843. The first-order valence-electron chi connectivity index (χ1n) is 6.06. The van der Waals surface area contributed by atoms with Gasteiger partial charge in [-0.25, -0.2) is 0 Å². The molecule has 2 heterocycles. The van der Waals surface area contributed by atoms with Crippen molar-refractivity contribution in [1.29, 1.82) is 0 Å². The van der Waals surface area contributed by atoms with Crippen molar-refractivity contribution in [3.8, 4) is 11.5 Å². The van der Waals surface area contributed by atoms with E-state index in [-0.39, 0.29) is 12.4 Å². The number of ketones is 1. The molecular weight excluding hydrogens is 244 g/mol. The van der Waals surface area contributed by atoms with Gasteiger partial charge in [0.15, 0.2) is 6.61 Å². The summed E-state index contributed by atoms with van der Waals surface area (Å²) < 4.78 is 12.8. The van der Waals surface area contributed by atoms with Crippen molar-refractivity contribution >= 4 is 5.78 Å². The first-order chi connectivity index (χ1) is 9.13.